The molecule has 3 heterocycles. The van der Waals surface area contributed by atoms with Crippen LogP contribution in [-0.2, 0) is 16.0 Å². The largest absolute Gasteiger partial charge is 0.494 e. The third kappa shape index (κ3) is 5.64. The number of anilines is 4. The number of carbonyl (C=O) groups excluding carboxylic acids is 2. The Morgan fingerprint density at radius 3 is 2.65 bits per heavy atom. The van der Waals surface area contributed by atoms with Crippen LogP contribution in [-0.4, -0.2) is 80.1 Å². The Balaban J connectivity index is 1.41. The van der Waals surface area contributed by atoms with Crippen molar-refractivity contribution in [2.24, 2.45) is 5.92 Å². The molecular formula is C27H37N7O3. The number of piperazine rings is 1. The fourth-order valence-electron chi connectivity index (χ4n) is 5.59. The van der Waals surface area contributed by atoms with Gasteiger partial charge in [0.1, 0.15) is 11.6 Å². The number of amides is 2. The summed E-state index contributed by atoms with van der Waals surface area (Å²) >= 11 is 0. The van der Waals surface area contributed by atoms with Gasteiger partial charge in [-0.25, -0.2) is 4.98 Å². The van der Waals surface area contributed by atoms with E-state index < -0.39 is 0 Å². The van der Waals surface area contributed by atoms with E-state index in [2.05, 4.69) is 38.5 Å². The third-order valence-corrected chi connectivity index (χ3v) is 7.85. The van der Waals surface area contributed by atoms with E-state index in [-0.39, 0.29) is 17.9 Å². The minimum atomic E-state index is -0.125. The SMILES string of the molecule is COc1cc(N2CCN(C)CC2)ccc1Nc1ncc(CC2CCNC2=O)c(N(C=O)C2CCCC2)n1. The van der Waals surface area contributed by atoms with Gasteiger partial charge in [0.15, 0.2) is 0 Å². The molecule has 1 saturated carbocycles. The lowest BCUT2D eigenvalue weighted by atomic mass is 9.99. The van der Waals surface area contributed by atoms with Gasteiger partial charge in [0.25, 0.3) is 0 Å². The van der Waals surface area contributed by atoms with Crippen molar-refractivity contribution < 1.29 is 14.3 Å². The normalized spacial score (nSPS) is 20.6. The number of likely N-dealkylation sites (N-methyl/N-ethyl adjacent to an activating group) is 1. The van der Waals surface area contributed by atoms with E-state index in [1.807, 2.05) is 12.1 Å². The van der Waals surface area contributed by atoms with Gasteiger partial charge in [-0.15, -0.1) is 0 Å². The fourth-order valence-corrected chi connectivity index (χ4v) is 5.59. The molecule has 10 heteroatoms. The molecule has 1 aromatic heterocycles. The van der Waals surface area contributed by atoms with Crippen LogP contribution < -0.4 is 25.2 Å². The van der Waals surface area contributed by atoms with Crippen LogP contribution in [0.15, 0.2) is 24.4 Å². The van der Waals surface area contributed by atoms with Gasteiger partial charge < -0.3 is 25.2 Å². The number of methoxy groups -OCH3 is 1. The van der Waals surface area contributed by atoms with Crippen molar-refractivity contribution in [3.8, 4) is 5.75 Å². The van der Waals surface area contributed by atoms with E-state index in [9.17, 15) is 9.59 Å². The first-order valence-corrected chi connectivity index (χ1v) is 13.3. The lowest BCUT2D eigenvalue weighted by Crippen LogP contribution is -2.44. The van der Waals surface area contributed by atoms with Crippen LogP contribution in [0.25, 0.3) is 0 Å². The van der Waals surface area contributed by atoms with Crippen molar-refractivity contribution >= 4 is 35.5 Å². The van der Waals surface area contributed by atoms with Crippen LogP contribution in [0.3, 0.4) is 0 Å². The number of rotatable bonds is 9. The second-order valence-corrected chi connectivity index (χ2v) is 10.3. The van der Waals surface area contributed by atoms with E-state index >= 15 is 0 Å². The fraction of sp³-hybridized carbons (Fsp3) is 0.556. The highest BCUT2D eigenvalue weighted by molar-refractivity contribution is 5.82. The molecule has 2 amide bonds. The molecule has 1 atom stereocenters. The Bertz CT molecular complexity index is 1110. The molecule has 0 radical (unpaired) electrons. The zero-order chi connectivity index (χ0) is 25.8. The predicted molar refractivity (Wildman–Crippen MR) is 144 cm³/mol. The summed E-state index contributed by atoms with van der Waals surface area (Å²) in [5.41, 5.74) is 2.70. The molecule has 3 aliphatic rings. The molecule has 198 valence electrons. The minimum absolute atomic E-state index is 0.0526. The summed E-state index contributed by atoms with van der Waals surface area (Å²) in [6, 6.07) is 6.23. The molecule has 2 aromatic rings. The van der Waals surface area contributed by atoms with Crippen LogP contribution in [0.2, 0.25) is 0 Å². The maximum Gasteiger partial charge on any atom is 0.229 e. The molecule has 37 heavy (non-hydrogen) atoms. The van der Waals surface area contributed by atoms with Crippen molar-refractivity contribution in [2.45, 2.75) is 44.6 Å². The van der Waals surface area contributed by atoms with Gasteiger partial charge in [-0.1, -0.05) is 12.8 Å². The lowest BCUT2D eigenvalue weighted by molar-refractivity contribution is -0.122. The van der Waals surface area contributed by atoms with Crippen LogP contribution in [0.4, 0.5) is 23.1 Å². The number of carbonyl (C=O) groups is 2. The first-order chi connectivity index (χ1) is 18.1. The van der Waals surface area contributed by atoms with Crippen LogP contribution in [0.5, 0.6) is 5.75 Å². The molecule has 0 bridgehead atoms. The zero-order valence-electron chi connectivity index (χ0n) is 21.8. The van der Waals surface area contributed by atoms with Gasteiger partial charge in [-0.05, 0) is 44.9 Å². The number of aromatic nitrogens is 2. The number of ether oxygens (including phenoxy) is 1. The Morgan fingerprint density at radius 2 is 1.97 bits per heavy atom. The summed E-state index contributed by atoms with van der Waals surface area (Å²) < 4.78 is 5.71. The van der Waals surface area contributed by atoms with E-state index in [0.29, 0.717) is 30.5 Å². The molecule has 1 aromatic carbocycles. The van der Waals surface area contributed by atoms with Gasteiger partial charge in [-0.3, -0.25) is 14.5 Å². The lowest BCUT2D eigenvalue weighted by Gasteiger charge is -2.34. The summed E-state index contributed by atoms with van der Waals surface area (Å²) in [5.74, 6) is 1.62. The maximum atomic E-state index is 12.3. The summed E-state index contributed by atoms with van der Waals surface area (Å²) in [4.78, 5) is 40.3. The highest BCUT2D eigenvalue weighted by atomic mass is 16.5. The molecule has 10 nitrogen and oxygen atoms in total. The number of nitrogens with zero attached hydrogens (tertiary/aromatic N) is 5. The Hall–Kier alpha value is -3.40. The number of hydrogen-bond acceptors (Lipinski definition) is 8. The third-order valence-electron chi connectivity index (χ3n) is 7.85. The molecule has 2 N–H and O–H groups in total. The van der Waals surface area contributed by atoms with Gasteiger partial charge in [0.05, 0.1) is 12.8 Å². The van der Waals surface area contributed by atoms with Crippen molar-refractivity contribution in [1.82, 2.24) is 20.2 Å². The summed E-state index contributed by atoms with van der Waals surface area (Å²) in [7, 11) is 3.80. The van der Waals surface area contributed by atoms with Gasteiger partial charge in [0, 0.05) is 68.2 Å². The first-order valence-electron chi connectivity index (χ1n) is 13.3. The summed E-state index contributed by atoms with van der Waals surface area (Å²) in [5, 5.41) is 6.20. The average Bonchev–Trinajstić information content (AvgIpc) is 3.59. The van der Waals surface area contributed by atoms with Crippen molar-refractivity contribution in [1.29, 1.82) is 0 Å². The molecule has 3 fully saturated rings. The number of hydrogen-bond donors (Lipinski definition) is 2. The second-order valence-electron chi connectivity index (χ2n) is 10.3. The van der Waals surface area contributed by atoms with E-state index in [1.54, 1.807) is 18.2 Å². The molecule has 5 rings (SSSR count). The van der Waals surface area contributed by atoms with E-state index in [4.69, 9.17) is 9.72 Å². The number of benzene rings is 1. The summed E-state index contributed by atoms with van der Waals surface area (Å²) in [6.07, 6.45) is 8.04. The van der Waals surface area contributed by atoms with Crippen LogP contribution >= 0.6 is 0 Å². The average molecular weight is 508 g/mol. The highest BCUT2D eigenvalue weighted by Gasteiger charge is 2.30. The predicted octanol–water partition coefficient (Wildman–Crippen LogP) is 2.56. The molecule has 1 unspecified atom stereocenters. The Kier molecular flexibility index (Phi) is 7.73. The molecule has 0 spiro atoms. The second kappa shape index (κ2) is 11.3. The quantitative estimate of drug-likeness (QED) is 0.500. The van der Waals surface area contributed by atoms with Gasteiger partial charge in [0.2, 0.25) is 18.3 Å². The topological polar surface area (TPSA) is 103 Å². The first kappa shape index (κ1) is 25.3. The molecule has 2 saturated heterocycles. The van der Waals surface area contributed by atoms with E-state index in [0.717, 1.165) is 81.6 Å². The monoisotopic (exact) mass is 507 g/mol. The van der Waals surface area contributed by atoms with Crippen molar-refractivity contribution in [2.75, 3.05) is 62.0 Å². The smallest absolute Gasteiger partial charge is 0.229 e. The molecule has 1 aliphatic carbocycles. The van der Waals surface area contributed by atoms with Crippen molar-refractivity contribution in [3.63, 3.8) is 0 Å². The Morgan fingerprint density at radius 1 is 1.19 bits per heavy atom. The van der Waals surface area contributed by atoms with Crippen LogP contribution in [0.1, 0.15) is 37.7 Å². The van der Waals surface area contributed by atoms with Crippen LogP contribution in [0, 0.1) is 5.92 Å². The highest BCUT2D eigenvalue weighted by Crippen LogP contribution is 2.34. The van der Waals surface area contributed by atoms with Gasteiger partial charge >= 0.3 is 0 Å². The van der Waals surface area contributed by atoms with Gasteiger partial charge in [-0.2, -0.15) is 4.98 Å². The molecule has 2 aliphatic heterocycles. The summed E-state index contributed by atoms with van der Waals surface area (Å²) in [6.45, 7) is 4.69. The zero-order valence-corrected chi connectivity index (χ0v) is 21.8. The maximum absolute atomic E-state index is 12.3. The number of nitrogens with one attached hydrogen (secondary N) is 2. The molecular weight excluding hydrogens is 470 g/mol. The van der Waals surface area contributed by atoms with Crippen molar-refractivity contribution in [3.05, 3.63) is 30.0 Å². The minimum Gasteiger partial charge on any atom is -0.494 e. The van der Waals surface area contributed by atoms with E-state index in [1.165, 1.54) is 0 Å². The Labute approximate surface area is 218 Å². The standard InChI is InChI=1S/C27H37N7O3/c1-32-11-13-33(14-12-32)22-7-8-23(24(16-22)37-2)30-27-29-17-20(15-19-9-10-28-26(19)36)25(31-27)34(18-35)21-5-3-4-6-21/h7-8,16-19,21H,3-6,9-15H2,1-2H3,(H,28,36)(H,29,30,31).